The van der Waals surface area contributed by atoms with Crippen molar-refractivity contribution in [2.45, 2.75) is 26.3 Å². The van der Waals surface area contributed by atoms with Crippen LogP contribution in [0.25, 0.3) is 11.0 Å². The van der Waals surface area contributed by atoms with E-state index in [1.54, 1.807) is 17.4 Å². The number of nitrogens with one attached hydrogen (secondary N) is 1. The van der Waals surface area contributed by atoms with Gasteiger partial charge in [-0.25, -0.2) is 4.39 Å². The molecule has 3 rings (SSSR count). The number of furan rings is 1. The zero-order valence-electron chi connectivity index (χ0n) is 12.2. The molecule has 0 saturated carbocycles. The summed E-state index contributed by atoms with van der Waals surface area (Å²) in [6.45, 7) is 5.11. The smallest absolute Gasteiger partial charge is 0.169 e. The van der Waals surface area contributed by atoms with E-state index in [0.717, 1.165) is 24.1 Å². The van der Waals surface area contributed by atoms with Gasteiger partial charge in [0.2, 0.25) is 0 Å². The Morgan fingerprint density at radius 3 is 2.86 bits per heavy atom. The maximum absolute atomic E-state index is 13.8. The molecular formula is C17H18FNOS. The van der Waals surface area contributed by atoms with Crippen molar-refractivity contribution >= 4 is 22.3 Å². The molecule has 1 atom stereocenters. The molecule has 2 aromatic heterocycles. The number of hydrogen-bond acceptors (Lipinski definition) is 3. The number of thiophene rings is 1. The van der Waals surface area contributed by atoms with E-state index in [1.807, 2.05) is 12.1 Å². The molecule has 3 aromatic rings. The van der Waals surface area contributed by atoms with Crippen molar-refractivity contribution in [3.8, 4) is 0 Å². The van der Waals surface area contributed by atoms with Gasteiger partial charge in [-0.05, 0) is 49.0 Å². The maximum atomic E-state index is 13.8. The lowest BCUT2D eigenvalue weighted by Crippen LogP contribution is -2.22. The van der Waals surface area contributed by atoms with Gasteiger partial charge in [-0.1, -0.05) is 19.1 Å². The molecule has 0 bridgehead atoms. The Labute approximate surface area is 127 Å². The Kier molecular flexibility index (Phi) is 4.08. The largest absolute Gasteiger partial charge is 0.456 e. The van der Waals surface area contributed by atoms with Gasteiger partial charge in [-0.2, -0.15) is 0 Å². The van der Waals surface area contributed by atoms with Crippen LogP contribution in [0.3, 0.4) is 0 Å². The van der Waals surface area contributed by atoms with Gasteiger partial charge in [0.15, 0.2) is 11.4 Å². The molecule has 1 unspecified atom stereocenters. The van der Waals surface area contributed by atoms with Crippen LogP contribution in [-0.4, -0.2) is 6.54 Å². The van der Waals surface area contributed by atoms with Crippen LogP contribution >= 0.6 is 11.3 Å². The zero-order valence-corrected chi connectivity index (χ0v) is 13.0. The van der Waals surface area contributed by atoms with Crippen LogP contribution in [0.2, 0.25) is 0 Å². The minimum Gasteiger partial charge on any atom is -0.456 e. The predicted molar refractivity (Wildman–Crippen MR) is 85.4 cm³/mol. The SMILES string of the molecule is CCCNC(c1cc2cccc(F)c2o1)c1sccc1C. The summed E-state index contributed by atoms with van der Waals surface area (Å²) in [6, 6.07) is 9.04. The molecule has 2 heterocycles. The van der Waals surface area contributed by atoms with E-state index in [1.165, 1.54) is 16.5 Å². The number of para-hydroxylation sites is 1. The first kappa shape index (κ1) is 14.3. The van der Waals surface area contributed by atoms with Crippen molar-refractivity contribution in [1.82, 2.24) is 5.32 Å². The molecule has 4 heteroatoms. The highest BCUT2D eigenvalue weighted by atomic mass is 32.1. The molecule has 0 aliphatic heterocycles. The molecular weight excluding hydrogens is 285 g/mol. The first-order valence-corrected chi connectivity index (χ1v) is 8.04. The van der Waals surface area contributed by atoms with Crippen LogP contribution < -0.4 is 5.32 Å². The summed E-state index contributed by atoms with van der Waals surface area (Å²) >= 11 is 1.70. The van der Waals surface area contributed by atoms with Crippen molar-refractivity contribution in [3.05, 3.63) is 57.7 Å². The molecule has 1 aromatic carbocycles. The van der Waals surface area contributed by atoms with Crippen molar-refractivity contribution < 1.29 is 8.81 Å². The topological polar surface area (TPSA) is 25.2 Å². The summed E-state index contributed by atoms with van der Waals surface area (Å²) in [5.41, 5.74) is 1.57. The van der Waals surface area contributed by atoms with E-state index in [4.69, 9.17) is 4.42 Å². The van der Waals surface area contributed by atoms with E-state index >= 15 is 0 Å². The normalized spacial score (nSPS) is 12.9. The van der Waals surface area contributed by atoms with Gasteiger partial charge in [0.1, 0.15) is 11.8 Å². The second-order valence-corrected chi connectivity index (χ2v) is 6.11. The van der Waals surface area contributed by atoms with E-state index in [2.05, 4.69) is 30.6 Å². The van der Waals surface area contributed by atoms with Gasteiger partial charge in [-0.15, -0.1) is 11.3 Å². The van der Waals surface area contributed by atoms with Crippen LogP contribution in [0, 0.1) is 12.7 Å². The first-order valence-electron chi connectivity index (χ1n) is 7.16. The lowest BCUT2D eigenvalue weighted by Gasteiger charge is -2.15. The second-order valence-electron chi connectivity index (χ2n) is 5.16. The third-order valence-corrected chi connectivity index (χ3v) is 4.65. The molecule has 2 nitrogen and oxygen atoms in total. The molecule has 0 spiro atoms. The monoisotopic (exact) mass is 303 g/mol. The molecule has 0 radical (unpaired) electrons. The Hall–Kier alpha value is -1.65. The summed E-state index contributed by atoms with van der Waals surface area (Å²) in [4.78, 5) is 1.22. The maximum Gasteiger partial charge on any atom is 0.169 e. The lowest BCUT2D eigenvalue weighted by molar-refractivity contribution is 0.461. The molecule has 1 N–H and O–H groups in total. The van der Waals surface area contributed by atoms with E-state index < -0.39 is 0 Å². The van der Waals surface area contributed by atoms with E-state index in [0.29, 0.717) is 5.58 Å². The second kappa shape index (κ2) is 6.00. The number of halogens is 1. The Bertz CT molecular complexity index is 746. The zero-order chi connectivity index (χ0) is 14.8. The summed E-state index contributed by atoms with van der Waals surface area (Å²) in [7, 11) is 0. The fraction of sp³-hybridized carbons (Fsp3) is 0.294. The molecule has 0 amide bonds. The molecule has 0 aliphatic rings. The number of fused-ring (bicyclic) bond motifs is 1. The Balaban J connectivity index is 2.05. The van der Waals surface area contributed by atoms with Crippen LogP contribution in [-0.2, 0) is 0 Å². The fourth-order valence-corrected chi connectivity index (χ4v) is 3.49. The van der Waals surface area contributed by atoms with Crippen molar-refractivity contribution in [2.75, 3.05) is 6.54 Å². The molecule has 0 saturated heterocycles. The highest BCUT2D eigenvalue weighted by molar-refractivity contribution is 7.10. The third kappa shape index (κ3) is 2.74. The number of rotatable bonds is 5. The minimum atomic E-state index is -0.309. The highest BCUT2D eigenvalue weighted by Gasteiger charge is 2.21. The van der Waals surface area contributed by atoms with Crippen LogP contribution in [0.1, 0.15) is 35.6 Å². The molecule has 110 valence electrons. The van der Waals surface area contributed by atoms with Gasteiger partial charge in [0.05, 0.1) is 0 Å². The first-order chi connectivity index (χ1) is 10.2. The Morgan fingerprint density at radius 2 is 2.19 bits per heavy atom. The lowest BCUT2D eigenvalue weighted by atomic mass is 10.1. The van der Waals surface area contributed by atoms with Gasteiger partial charge in [-0.3, -0.25) is 0 Å². The standard InChI is InChI=1S/C17H18FNOS/c1-3-8-19-15(17-11(2)7-9-21-17)14-10-12-5-4-6-13(18)16(12)20-14/h4-7,9-10,15,19H,3,8H2,1-2H3. The minimum absolute atomic E-state index is 0.0169. The quantitative estimate of drug-likeness (QED) is 0.715. The van der Waals surface area contributed by atoms with E-state index in [-0.39, 0.29) is 11.9 Å². The van der Waals surface area contributed by atoms with Crippen LogP contribution in [0.15, 0.2) is 40.1 Å². The van der Waals surface area contributed by atoms with E-state index in [9.17, 15) is 4.39 Å². The van der Waals surface area contributed by atoms with Gasteiger partial charge in [0.25, 0.3) is 0 Å². The highest BCUT2D eigenvalue weighted by Crippen LogP contribution is 2.33. The van der Waals surface area contributed by atoms with Crippen LogP contribution in [0.5, 0.6) is 0 Å². The number of benzene rings is 1. The molecule has 0 aliphatic carbocycles. The van der Waals surface area contributed by atoms with Crippen LogP contribution in [0.4, 0.5) is 4.39 Å². The summed E-state index contributed by atoms with van der Waals surface area (Å²) in [6.07, 6.45) is 1.04. The third-order valence-electron chi connectivity index (χ3n) is 3.56. The van der Waals surface area contributed by atoms with Crippen molar-refractivity contribution in [3.63, 3.8) is 0 Å². The summed E-state index contributed by atoms with van der Waals surface area (Å²) < 4.78 is 19.6. The number of hydrogen-bond donors (Lipinski definition) is 1. The summed E-state index contributed by atoms with van der Waals surface area (Å²) in [5.74, 6) is 0.463. The average molecular weight is 303 g/mol. The number of aryl methyl sites for hydroxylation is 1. The van der Waals surface area contributed by atoms with Crippen molar-refractivity contribution in [1.29, 1.82) is 0 Å². The average Bonchev–Trinajstić information content (AvgIpc) is 3.07. The van der Waals surface area contributed by atoms with Crippen molar-refractivity contribution in [2.24, 2.45) is 0 Å². The predicted octanol–water partition coefficient (Wildman–Crippen LogP) is 5.03. The van der Waals surface area contributed by atoms with Gasteiger partial charge < -0.3 is 9.73 Å². The molecule has 21 heavy (non-hydrogen) atoms. The summed E-state index contributed by atoms with van der Waals surface area (Å²) in [5, 5.41) is 6.39. The van der Waals surface area contributed by atoms with Gasteiger partial charge >= 0.3 is 0 Å². The van der Waals surface area contributed by atoms with Gasteiger partial charge in [0, 0.05) is 10.3 Å². The molecule has 0 fully saturated rings. The fourth-order valence-electron chi connectivity index (χ4n) is 2.48. The Morgan fingerprint density at radius 1 is 1.33 bits per heavy atom.